The standard InChI is InChI=1S/C18H21N3O6S2/c1-26-13-3-5-14(6-4-13)29(24,25)21-10-8-20(9-11-21)18(23)19-15-7-12-28-16(15)17(22)27-2/h3-7,12H,8-11H2,1-2H3,(H,19,23). The van der Waals surface area contributed by atoms with Gasteiger partial charge in [0.25, 0.3) is 0 Å². The molecule has 0 unspecified atom stereocenters. The van der Waals surface area contributed by atoms with Crippen LogP contribution in [-0.2, 0) is 14.8 Å². The number of thiophene rings is 1. The Morgan fingerprint density at radius 1 is 1.03 bits per heavy atom. The Labute approximate surface area is 172 Å². The zero-order chi connectivity index (χ0) is 21.0. The summed E-state index contributed by atoms with van der Waals surface area (Å²) in [5.41, 5.74) is 0.375. The molecule has 1 saturated heterocycles. The van der Waals surface area contributed by atoms with Crippen LogP contribution in [0, 0.1) is 0 Å². The average Bonchev–Trinajstić information content (AvgIpc) is 3.21. The number of amides is 2. The highest BCUT2D eigenvalue weighted by Crippen LogP contribution is 2.24. The van der Waals surface area contributed by atoms with Crippen molar-refractivity contribution in [2.75, 3.05) is 45.7 Å². The van der Waals surface area contributed by atoms with Gasteiger partial charge in [0.1, 0.15) is 10.6 Å². The number of urea groups is 1. The van der Waals surface area contributed by atoms with E-state index in [0.29, 0.717) is 16.3 Å². The maximum Gasteiger partial charge on any atom is 0.350 e. The van der Waals surface area contributed by atoms with Crippen LogP contribution in [0.25, 0.3) is 0 Å². The van der Waals surface area contributed by atoms with E-state index >= 15 is 0 Å². The van der Waals surface area contributed by atoms with E-state index in [0.717, 1.165) is 0 Å². The number of nitrogens with zero attached hydrogens (tertiary/aromatic N) is 2. The fraction of sp³-hybridized carbons (Fsp3) is 0.333. The first-order valence-corrected chi connectivity index (χ1v) is 11.0. The minimum absolute atomic E-state index is 0.176. The summed E-state index contributed by atoms with van der Waals surface area (Å²) in [6.45, 7) is 0.822. The van der Waals surface area contributed by atoms with Gasteiger partial charge in [-0.05, 0) is 35.7 Å². The molecule has 9 nitrogen and oxygen atoms in total. The van der Waals surface area contributed by atoms with Gasteiger partial charge < -0.3 is 19.7 Å². The number of nitrogens with one attached hydrogen (secondary N) is 1. The summed E-state index contributed by atoms with van der Waals surface area (Å²) >= 11 is 1.17. The predicted octanol–water partition coefficient (Wildman–Crippen LogP) is 2.08. The molecule has 11 heteroatoms. The Morgan fingerprint density at radius 3 is 2.28 bits per heavy atom. The van der Waals surface area contributed by atoms with Crippen LogP contribution in [0.1, 0.15) is 9.67 Å². The Balaban J connectivity index is 1.62. The molecule has 1 aliphatic heterocycles. The van der Waals surface area contributed by atoms with Gasteiger partial charge in [-0.1, -0.05) is 0 Å². The number of piperazine rings is 1. The molecule has 2 amide bonds. The average molecular weight is 440 g/mol. The van der Waals surface area contributed by atoms with E-state index in [1.807, 2.05) is 0 Å². The lowest BCUT2D eigenvalue weighted by Crippen LogP contribution is -2.51. The largest absolute Gasteiger partial charge is 0.497 e. The number of sulfonamides is 1. The Morgan fingerprint density at radius 2 is 1.69 bits per heavy atom. The summed E-state index contributed by atoms with van der Waals surface area (Å²) < 4.78 is 36.7. The van der Waals surface area contributed by atoms with Crippen molar-refractivity contribution in [1.29, 1.82) is 0 Å². The van der Waals surface area contributed by atoms with E-state index in [9.17, 15) is 18.0 Å². The Bertz CT molecular complexity index is 979. The molecule has 1 N–H and O–H groups in total. The fourth-order valence-corrected chi connectivity index (χ4v) is 5.07. The molecule has 1 aromatic carbocycles. The maximum atomic E-state index is 12.8. The SMILES string of the molecule is COC(=O)c1sccc1NC(=O)N1CCN(S(=O)(=O)c2ccc(OC)cc2)CC1. The molecule has 2 heterocycles. The fourth-order valence-electron chi connectivity index (χ4n) is 2.88. The van der Waals surface area contributed by atoms with Crippen molar-refractivity contribution < 1.29 is 27.5 Å². The van der Waals surface area contributed by atoms with Crippen molar-refractivity contribution in [1.82, 2.24) is 9.21 Å². The van der Waals surface area contributed by atoms with Crippen molar-refractivity contribution in [3.8, 4) is 5.75 Å². The summed E-state index contributed by atoms with van der Waals surface area (Å²) in [4.78, 5) is 26.2. The lowest BCUT2D eigenvalue weighted by atomic mass is 10.3. The van der Waals surface area contributed by atoms with Crippen LogP contribution in [0.15, 0.2) is 40.6 Å². The topological polar surface area (TPSA) is 105 Å². The van der Waals surface area contributed by atoms with Crippen molar-refractivity contribution in [2.24, 2.45) is 0 Å². The molecule has 3 rings (SSSR count). The Hall–Kier alpha value is -2.63. The number of hydrogen-bond donors (Lipinski definition) is 1. The molecular weight excluding hydrogens is 418 g/mol. The Kier molecular flexibility index (Phi) is 6.40. The highest BCUT2D eigenvalue weighted by atomic mass is 32.2. The molecule has 1 fully saturated rings. The summed E-state index contributed by atoms with van der Waals surface area (Å²) in [6.07, 6.45) is 0. The molecule has 0 radical (unpaired) electrons. The second kappa shape index (κ2) is 8.80. The highest BCUT2D eigenvalue weighted by Gasteiger charge is 2.30. The van der Waals surface area contributed by atoms with Gasteiger partial charge in [-0.25, -0.2) is 18.0 Å². The van der Waals surface area contributed by atoms with Crippen molar-refractivity contribution in [3.63, 3.8) is 0 Å². The van der Waals surface area contributed by atoms with E-state index < -0.39 is 22.0 Å². The number of carbonyl (C=O) groups is 2. The second-order valence-corrected chi connectivity index (χ2v) is 9.01. The third-order valence-corrected chi connectivity index (χ3v) is 7.31. The lowest BCUT2D eigenvalue weighted by molar-refractivity contribution is 0.0607. The van der Waals surface area contributed by atoms with Crippen LogP contribution in [0.5, 0.6) is 5.75 Å². The van der Waals surface area contributed by atoms with Crippen LogP contribution < -0.4 is 10.1 Å². The van der Waals surface area contributed by atoms with Gasteiger partial charge in [-0.2, -0.15) is 4.31 Å². The highest BCUT2D eigenvalue weighted by molar-refractivity contribution is 7.89. The van der Waals surface area contributed by atoms with E-state index in [4.69, 9.17) is 9.47 Å². The monoisotopic (exact) mass is 439 g/mol. The van der Waals surface area contributed by atoms with Gasteiger partial charge >= 0.3 is 12.0 Å². The maximum absolute atomic E-state index is 12.8. The number of carbonyl (C=O) groups excluding carboxylic acids is 2. The van der Waals surface area contributed by atoms with E-state index in [-0.39, 0.29) is 31.1 Å². The summed E-state index contributed by atoms with van der Waals surface area (Å²) in [5, 5.41) is 4.37. The lowest BCUT2D eigenvalue weighted by Gasteiger charge is -2.34. The first-order valence-electron chi connectivity index (χ1n) is 8.72. The number of ether oxygens (including phenoxy) is 2. The smallest absolute Gasteiger partial charge is 0.350 e. The third kappa shape index (κ3) is 4.52. The van der Waals surface area contributed by atoms with E-state index in [1.165, 1.54) is 46.9 Å². The van der Waals surface area contributed by atoms with Gasteiger partial charge in [0.05, 0.1) is 24.8 Å². The van der Waals surface area contributed by atoms with Crippen LogP contribution in [-0.4, -0.2) is 70.0 Å². The van der Waals surface area contributed by atoms with Crippen LogP contribution in [0.3, 0.4) is 0 Å². The van der Waals surface area contributed by atoms with Crippen molar-refractivity contribution in [3.05, 3.63) is 40.6 Å². The molecular formula is C18H21N3O6S2. The normalized spacial score (nSPS) is 15.0. The van der Waals surface area contributed by atoms with Gasteiger partial charge in [0.15, 0.2) is 0 Å². The van der Waals surface area contributed by atoms with E-state index in [2.05, 4.69) is 5.32 Å². The first-order chi connectivity index (χ1) is 13.9. The molecule has 1 aromatic heterocycles. The quantitative estimate of drug-likeness (QED) is 0.715. The second-order valence-electron chi connectivity index (χ2n) is 6.15. The molecule has 2 aromatic rings. The van der Waals surface area contributed by atoms with Crippen LogP contribution >= 0.6 is 11.3 Å². The number of methoxy groups -OCH3 is 2. The van der Waals surface area contributed by atoms with E-state index in [1.54, 1.807) is 23.6 Å². The first kappa shape index (κ1) is 21.1. The zero-order valence-electron chi connectivity index (χ0n) is 16.0. The van der Waals surface area contributed by atoms with Gasteiger partial charge in [-0.15, -0.1) is 11.3 Å². The number of esters is 1. The van der Waals surface area contributed by atoms with Crippen LogP contribution in [0.4, 0.5) is 10.5 Å². The zero-order valence-corrected chi connectivity index (χ0v) is 17.6. The van der Waals surface area contributed by atoms with Crippen LogP contribution in [0.2, 0.25) is 0 Å². The summed E-state index contributed by atoms with van der Waals surface area (Å²) in [5.74, 6) is 0.0518. The number of anilines is 1. The molecule has 0 atom stereocenters. The van der Waals surface area contributed by atoms with Crippen molar-refractivity contribution >= 4 is 39.0 Å². The van der Waals surface area contributed by atoms with Gasteiger partial charge in [0, 0.05) is 26.2 Å². The molecule has 0 saturated carbocycles. The third-order valence-electron chi connectivity index (χ3n) is 4.50. The van der Waals surface area contributed by atoms with Gasteiger partial charge in [-0.3, -0.25) is 0 Å². The molecule has 0 aliphatic carbocycles. The summed E-state index contributed by atoms with van der Waals surface area (Å²) in [7, 11) is -0.862. The molecule has 0 spiro atoms. The molecule has 1 aliphatic rings. The molecule has 156 valence electrons. The minimum Gasteiger partial charge on any atom is -0.497 e. The predicted molar refractivity (Wildman–Crippen MR) is 108 cm³/mol. The number of rotatable bonds is 5. The minimum atomic E-state index is -3.65. The van der Waals surface area contributed by atoms with Gasteiger partial charge in [0.2, 0.25) is 10.0 Å². The molecule has 0 bridgehead atoms. The molecule has 29 heavy (non-hydrogen) atoms. The van der Waals surface area contributed by atoms with Crippen molar-refractivity contribution in [2.45, 2.75) is 4.90 Å². The summed E-state index contributed by atoms with van der Waals surface area (Å²) in [6, 6.07) is 7.41. The number of benzene rings is 1. The number of hydrogen-bond acceptors (Lipinski definition) is 7.